The van der Waals surface area contributed by atoms with Gasteiger partial charge in [0.15, 0.2) is 0 Å². The molecular formula is C12H12BrN3. The Kier molecular flexibility index (Phi) is 2.52. The maximum absolute atomic E-state index is 4.22. The van der Waals surface area contributed by atoms with E-state index in [2.05, 4.69) is 50.4 Å². The third-order valence-corrected chi connectivity index (χ3v) is 3.20. The van der Waals surface area contributed by atoms with E-state index in [1.54, 1.807) is 11.0 Å². The van der Waals surface area contributed by atoms with Gasteiger partial charge in [0, 0.05) is 0 Å². The van der Waals surface area contributed by atoms with E-state index in [9.17, 15) is 0 Å². The summed E-state index contributed by atoms with van der Waals surface area (Å²) in [7, 11) is 0. The van der Waals surface area contributed by atoms with Gasteiger partial charge in [-0.15, -0.1) is 5.10 Å². The van der Waals surface area contributed by atoms with Crippen LogP contribution >= 0.6 is 15.9 Å². The third-order valence-electron chi connectivity index (χ3n) is 2.83. The van der Waals surface area contributed by atoms with Gasteiger partial charge < -0.3 is 0 Å². The lowest BCUT2D eigenvalue weighted by atomic mass is 10.1. The van der Waals surface area contributed by atoms with Crippen LogP contribution in [-0.4, -0.2) is 15.0 Å². The molecule has 0 N–H and O–H groups in total. The predicted octanol–water partition coefficient (Wildman–Crippen LogP) is 2.97. The number of benzene rings is 1. The molecule has 0 unspecified atom stereocenters. The number of rotatable bonds is 3. The van der Waals surface area contributed by atoms with E-state index in [-0.39, 0.29) is 0 Å². The molecule has 4 heteroatoms. The van der Waals surface area contributed by atoms with Crippen molar-refractivity contribution in [1.29, 1.82) is 0 Å². The SMILES string of the molecule is Brc1cnn(Cc2cccc(C3CC3)c2)n1. The van der Waals surface area contributed by atoms with Crippen LogP contribution in [0.5, 0.6) is 0 Å². The largest absolute Gasteiger partial charge is 0.179 e. The molecule has 1 aromatic carbocycles. The standard InChI is InChI=1S/C12H12BrN3/c13-12-7-14-16(15-12)8-9-2-1-3-11(6-9)10-4-5-10/h1-3,6-7,10H,4-5,8H2. The van der Waals surface area contributed by atoms with Crippen LogP contribution in [0.3, 0.4) is 0 Å². The van der Waals surface area contributed by atoms with Crippen LogP contribution in [0, 0.1) is 0 Å². The van der Waals surface area contributed by atoms with Gasteiger partial charge in [-0.3, -0.25) is 0 Å². The van der Waals surface area contributed by atoms with E-state index in [4.69, 9.17) is 0 Å². The van der Waals surface area contributed by atoms with Crippen molar-refractivity contribution < 1.29 is 0 Å². The number of hydrogen-bond acceptors (Lipinski definition) is 2. The normalized spacial score (nSPS) is 15.3. The molecule has 0 bridgehead atoms. The summed E-state index contributed by atoms with van der Waals surface area (Å²) in [6.45, 7) is 0.742. The second-order valence-electron chi connectivity index (χ2n) is 4.22. The van der Waals surface area contributed by atoms with Crippen LogP contribution in [0.25, 0.3) is 0 Å². The summed E-state index contributed by atoms with van der Waals surface area (Å²) >= 11 is 3.30. The molecule has 1 aliphatic rings. The van der Waals surface area contributed by atoms with Gasteiger partial charge in [0.1, 0.15) is 4.60 Å². The zero-order chi connectivity index (χ0) is 11.0. The lowest BCUT2D eigenvalue weighted by Crippen LogP contribution is -2.03. The first kappa shape index (κ1) is 10.0. The minimum absolute atomic E-state index is 0.742. The summed E-state index contributed by atoms with van der Waals surface area (Å²) in [5.74, 6) is 0.803. The van der Waals surface area contributed by atoms with E-state index in [1.165, 1.54) is 24.0 Å². The Bertz CT molecular complexity index is 502. The van der Waals surface area contributed by atoms with Gasteiger partial charge >= 0.3 is 0 Å². The minimum atomic E-state index is 0.742. The Morgan fingerprint density at radius 1 is 1.38 bits per heavy atom. The van der Waals surface area contributed by atoms with Gasteiger partial charge in [-0.25, -0.2) is 0 Å². The fourth-order valence-electron chi connectivity index (χ4n) is 1.88. The Morgan fingerprint density at radius 2 is 2.25 bits per heavy atom. The van der Waals surface area contributed by atoms with Gasteiger partial charge in [-0.2, -0.15) is 9.90 Å². The van der Waals surface area contributed by atoms with Crippen molar-refractivity contribution >= 4 is 15.9 Å². The van der Waals surface area contributed by atoms with Crippen LogP contribution in [0.4, 0.5) is 0 Å². The quantitative estimate of drug-likeness (QED) is 0.864. The molecular weight excluding hydrogens is 266 g/mol. The predicted molar refractivity (Wildman–Crippen MR) is 65.2 cm³/mol. The van der Waals surface area contributed by atoms with Gasteiger partial charge in [-0.05, 0) is 45.8 Å². The van der Waals surface area contributed by atoms with Crippen molar-refractivity contribution in [1.82, 2.24) is 15.0 Å². The van der Waals surface area contributed by atoms with Gasteiger partial charge in [0.25, 0.3) is 0 Å². The minimum Gasteiger partial charge on any atom is -0.179 e. The second kappa shape index (κ2) is 4.01. The zero-order valence-corrected chi connectivity index (χ0v) is 10.4. The molecule has 1 fully saturated rings. The third kappa shape index (κ3) is 2.16. The van der Waals surface area contributed by atoms with Crippen LogP contribution in [0.2, 0.25) is 0 Å². The van der Waals surface area contributed by atoms with Gasteiger partial charge in [0.2, 0.25) is 0 Å². The molecule has 1 saturated carbocycles. The van der Waals surface area contributed by atoms with Crippen LogP contribution in [-0.2, 0) is 6.54 Å². The molecule has 0 amide bonds. The molecule has 1 aliphatic carbocycles. The molecule has 82 valence electrons. The molecule has 0 aliphatic heterocycles. The highest BCUT2D eigenvalue weighted by Gasteiger charge is 2.23. The highest BCUT2D eigenvalue weighted by Crippen LogP contribution is 2.40. The Hall–Kier alpha value is -1.16. The van der Waals surface area contributed by atoms with E-state index in [0.717, 1.165) is 17.1 Å². The fourth-order valence-corrected chi connectivity index (χ4v) is 2.15. The van der Waals surface area contributed by atoms with Crippen molar-refractivity contribution in [3.8, 4) is 0 Å². The summed E-state index contributed by atoms with van der Waals surface area (Å²) in [5, 5.41) is 8.38. The Morgan fingerprint density at radius 3 is 2.94 bits per heavy atom. The van der Waals surface area contributed by atoms with Gasteiger partial charge in [0.05, 0.1) is 12.7 Å². The van der Waals surface area contributed by atoms with E-state index in [1.807, 2.05) is 0 Å². The average Bonchev–Trinajstić information content (AvgIpc) is 3.05. The molecule has 1 aromatic heterocycles. The summed E-state index contributed by atoms with van der Waals surface area (Å²) < 4.78 is 0.783. The molecule has 3 nitrogen and oxygen atoms in total. The lowest BCUT2D eigenvalue weighted by molar-refractivity contribution is 0.588. The first-order chi connectivity index (χ1) is 7.81. The first-order valence-electron chi connectivity index (χ1n) is 5.46. The van der Waals surface area contributed by atoms with Crippen molar-refractivity contribution in [3.05, 3.63) is 46.2 Å². The Balaban J connectivity index is 1.81. The lowest BCUT2D eigenvalue weighted by Gasteiger charge is -2.03. The maximum atomic E-state index is 4.22. The maximum Gasteiger partial charge on any atom is 0.148 e. The number of halogens is 1. The molecule has 0 spiro atoms. The fraction of sp³-hybridized carbons (Fsp3) is 0.333. The molecule has 16 heavy (non-hydrogen) atoms. The molecule has 3 rings (SSSR count). The van der Waals surface area contributed by atoms with Crippen LogP contribution < -0.4 is 0 Å². The Labute approximate surface area is 103 Å². The number of nitrogens with zero attached hydrogens (tertiary/aromatic N) is 3. The molecule has 2 aromatic rings. The number of aromatic nitrogens is 3. The van der Waals surface area contributed by atoms with E-state index in [0.29, 0.717) is 0 Å². The molecule has 0 saturated heterocycles. The van der Waals surface area contributed by atoms with Crippen molar-refractivity contribution in [2.24, 2.45) is 0 Å². The highest BCUT2D eigenvalue weighted by molar-refractivity contribution is 9.10. The highest BCUT2D eigenvalue weighted by atomic mass is 79.9. The van der Waals surface area contributed by atoms with Crippen LogP contribution in [0.15, 0.2) is 35.1 Å². The molecule has 0 radical (unpaired) electrons. The van der Waals surface area contributed by atoms with Crippen molar-refractivity contribution in [2.45, 2.75) is 25.3 Å². The second-order valence-corrected chi connectivity index (χ2v) is 5.03. The monoisotopic (exact) mass is 277 g/mol. The van der Waals surface area contributed by atoms with Gasteiger partial charge in [-0.1, -0.05) is 24.3 Å². The molecule has 0 atom stereocenters. The van der Waals surface area contributed by atoms with Crippen molar-refractivity contribution in [3.63, 3.8) is 0 Å². The van der Waals surface area contributed by atoms with E-state index < -0.39 is 0 Å². The topological polar surface area (TPSA) is 30.7 Å². The summed E-state index contributed by atoms with van der Waals surface area (Å²) in [6.07, 6.45) is 4.40. The molecule has 1 heterocycles. The first-order valence-corrected chi connectivity index (χ1v) is 6.25. The van der Waals surface area contributed by atoms with Crippen molar-refractivity contribution in [2.75, 3.05) is 0 Å². The summed E-state index contributed by atoms with van der Waals surface area (Å²) in [5.41, 5.74) is 2.73. The smallest absolute Gasteiger partial charge is 0.148 e. The average molecular weight is 278 g/mol. The zero-order valence-electron chi connectivity index (χ0n) is 8.81. The van der Waals surface area contributed by atoms with E-state index >= 15 is 0 Å². The summed E-state index contributed by atoms with van der Waals surface area (Å²) in [6, 6.07) is 8.74. The summed E-state index contributed by atoms with van der Waals surface area (Å²) in [4.78, 5) is 1.70. The number of hydrogen-bond donors (Lipinski definition) is 0. The van der Waals surface area contributed by atoms with Crippen LogP contribution in [0.1, 0.15) is 29.9 Å².